The zero-order valence-corrected chi connectivity index (χ0v) is 8.20. The quantitative estimate of drug-likeness (QED) is 0.699. The fourth-order valence-electron chi connectivity index (χ4n) is 0.640. The van der Waals surface area contributed by atoms with Crippen LogP contribution in [0, 0.1) is 12.3 Å². The molecule has 0 unspecified atom stereocenters. The maximum atomic E-state index is 10.6. The lowest BCUT2D eigenvalue weighted by molar-refractivity contribution is 1.06. The molecule has 0 aromatic carbocycles. The summed E-state index contributed by atoms with van der Waals surface area (Å²) >= 11 is 1.36. The summed E-state index contributed by atoms with van der Waals surface area (Å²) in [5.74, 6) is 2.52. The highest BCUT2D eigenvalue weighted by Crippen LogP contribution is 2.03. The minimum absolute atomic E-state index is 0.0305. The lowest BCUT2D eigenvalue weighted by Gasteiger charge is -1.84. The fraction of sp³-hybridized carbons (Fsp3) is 0.444. The Balaban J connectivity index is 0.000000561. The highest BCUT2D eigenvalue weighted by molar-refractivity contribution is 7.05. The molecular weight excluding hydrogens is 170 g/mol. The predicted octanol–water partition coefficient (Wildman–Crippen LogP) is 2.03. The largest absolute Gasteiger partial charge is 0.278 e. The van der Waals surface area contributed by atoms with Crippen LogP contribution in [0.3, 0.4) is 0 Å². The lowest BCUT2D eigenvalue weighted by Crippen LogP contribution is -1.92. The van der Waals surface area contributed by atoms with Crippen molar-refractivity contribution in [3.63, 3.8) is 0 Å². The Bertz CT molecular complexity index is 292. The molecule has 1 rings (SSSR count). The third-order valence-corrected chi connectivity index (χ3v) is 1.98. The molecule has 0 amide bonds. The monoisotopic (exact) mass is 183 g/mol. The molecule has 0 fully saturated rings. The van der Waals surface area contributed by atoms with E-state index in [0.29, 0.717) is 6.42 Å². The predicted molar refractivity (Wildman–Crippen MR) is 53.4 cm³/mol. The number of hydrogen-bond acceptors (Lipinski definition) is 2. The number of terminal acetylenes is 1. The molecule has 2 nitrogen and oxygen atoms in total. The van der Waals surface area contributed by atoms with Crippen molar-refractivity contribution in [2.75, 3.05) is 0 Å². The van der Waals surface area contributed by atoms with Gasteiger partial charge in [-0.05, 0) is 6.42 Å². The molecule has 0 aliphatic heterocycles. The van der Waals surface area contributed by atoms with Gasteiger partial charge in [0.1, 0.15) is 0 Å². The van der Waals surface area contributed by atoms with E-state index in [0.717, 1.165) is 11.3 Å². The van der Waals surface area contributed by atoms with Gasteiger partial charge in [-0.3, -0.25) is 9.17 Å². The average molecular weight is 183 g/mol. The minimum atomic E-state index is -0.0305. The van der Waals surface area contributed by atoms with E-state index in [2.05, 4.69) is 10.3 Å². The smallest absolute Gasteiger partial charge is 0.258 e. The fourth-order valence-corrected chi connectivity index (χ4v) is 1.30. The van der Waals surface area contributed by atoms with Crippen LogP contribution >= 0.6 is 11.5 Å². The molecule has 1 aromatic rings. The zero-order chi connectivity index (χ0) is 9.40. The van der Waals surface area contributed by atoms with Crippen molar-refractivity contribution in [1.29, 1.82) is 0 Å². The van der Waals surface area contributed by atoms with Crippen molar-refractivity contribution in [3.8, 4) is 12.3 Å². The van der Waals surface area contributed by atoms with Gasteiger partial charge in [-0.15, -0.1) is 12.3 Å². The topological polar surface area (TPSA) is 32.9 Å². The van der Waals surface area contributed by atoms with Gasteiger partial charge >= 0.3 is 0 Å². The van der Waals surface area contributed by atoms with Crippen LogP contribution in [-0.2, 0) is 6.42 Å². The van der Waals surface area contributed by atoms with Gasteiger partial charge in [0.15, 0.2) is 0 Å². The van der Waals surface area contributed by atoms with Crippen LogP contribution in [0.5, 0.6) is 0 Å². The molecule has 1 aromatic heterocycles. The molecule has 0 aliphatic carbocycles. The van der Waals surface area contributed by atoms with Crippen LogP contribution in [-0.4, -0.2) is 4.37 Å². The second kappa shape index (κ2) is 6.68. The summed E-state index contributed by atoms with van der Waals surface area (Å²) in [6.45, 7) is 4.00. The normalized spacial score (nSPS) is 8.08. The summed E-state index contributed by atoms with van der Waals surface area (Å²) in [5.41, 5.74) is -0.0305. The van der Waals surface area contributed by atoms with Crippen LogP contribution in [0.4, 0.5) is 0 Å². The van der Waals surface area contributed by atoms with E-state index >= 15 is 0 Å². The van der Waals surface area contributed by atoms with Gasteiger partial charge in [0.05, 0.1) is 0 Å². The number of aryl methyl sites for hydroxylation is 1. The molecule has 0 saturated heterocycles. The van der Waals surface area contributed by atoms with Gasteiger partial charge in [-0.2, -0.15) is 0 Å². The number of hydrogen-bond donors (Lipinski definition) is 1. The Morgan fingerprint density at radius 3 is 2.75 bits per heavy atom. The summed E-state index contributed by atoms with van der Waals surface area (Å²) in [5, 5.41) is 0. The Morgan fingerprint density at radius 2 is 2.33 bits per heavy atom. The molecule has 0 spiro atoms. The standard InChI is InChI=1S/C7H7NOS.C2H6/c1-2-3-4-6-5-7(9)8-10-6;1-2/h1,5H,3-4H2,(H,8,9);1-2H3. The summed E-state index contributed by atoms with van der Waals surface area (Å²) in [6.07, 6.45) is 6.56. The maximum absolute atomic E-state index is 10.6. The van der Waals surface area contributed by atoms with Crippen molar-refractivity contribution < 1.29 is 0 Å². The molecule has 0 radical (unpaired) electrons. The zero-order valence-electron chi connectivity index (χ0n) is 7.39. The Labute approximate surface area is 76.8 Å². The van der Waals surface area contributed by atoms with Crippen molar-refractivity contribution in [2.24, 2.45) is 0 Å². The molecule has 1 heterocycles. The van der Waals surface area contributed by atoms with Gasteiger partial charge in [-0.25, -0.2) is 0 Å². The second-order valence-corrected chi connectivity index (χ2v) is 2.82. The van der Waals surface area contributed by atoms with Crippen LogP contribution in [0.2, 0.25) is 0 Å². The highest BCUT2D eigenvalue weighted by atomic mass is 32.1. The molecule has 0 bridgehead atoms. The van der Waals surface area contributed by atoms with Crippen molar-refractivity contribution >= 4 is 11.5 Å². The first-order valence-corrected chi connectivity index (χ1v) is 4.75. The van der Waals surface area contributed by atoms with Crippen molar-refractivity contribution in [3.05, 3.63) is 21.3 Å². The molecule has 66 valence electrons. The number of aromatic amines is 1. The van der Waals surface area contributed by atoms with Gasteiger partial charge in [0.2, 0.25) is 0 Å². The van der Waals surface area contributed by atoms with Crippen LogP contribution in [0.25, 0.3) is 0 Å². The van der Waals surface area contributed by atoms with Gasteiger partial charge in [-0.1, -0.05) is 25.4 Å². The van der Waals surface area contributed by atoms with E-state index < -0.39 is 0 Å². The van der Waals surface area contributed by atoms with Gasteiger partial charge < -0.3 is 0 Å². The molecule has 3 heteroatoms. The maximum Gasteiger partial charge on any atom is 0.258 e. The Morgan fingerprint density at radius 1 is 1.67 bits per heavy atom. The summed E-state index contributed by atoms with van der Waals surface area (Å²) in [4.78, 5) is 11.6. The van der Waals surface area contributed by atoms with E-state index in [1.807, 2.05) is 13.8 Å². The number of aromatic nitrogens is 1. The van der Waals surface area contributed by atoms with E-state index in [9.17, 15) is 4.79 Å². The Kier molecular flexibility index (Phi) is 6.12. The highest BCUT2D eigenvalue weighted by Gasteiger charge is 1.93. The van der Waals surface area contributed by atoms with Crippen molar-refractivity contribution in [2.45, 2.75) is 26.7 Å². The molecule has 12 heavy (non-hydrogen) atoms. The molecule has 0 aliphatic rings. The SMILES string of the molecule is C#CCCc1cc(=O)[nH]s1.CC. The first-order chi connectivity index (χ1) is 5.83. The summed E-state index contributed by atoms with van der Waals surface area (Å²) in [6, 6.07) is 1.59. The van der Waals surface area contributed by atoms with E-state index in [1.54, 1.807) is 6.07 Å². The van der Waals surface area contributed by atoms with Crippen LogP contribution < -0.4 is 5.56 Å². The molecule has 0 atom stereocenters. The average Bonchev–Trinajstić information content (AvgIpc) is 2.51. The van der Waals surface area contributed by atoms with E-state index in [-0.39, 0.29) is 5.56 Å². The minimum Gasteiger partial charge on any atom is -0.278 e. The lowest BCUT2D eigenvalue weighted by atomic mass is 10.3. The van der Waals surface area contributed by atoms with Crippen molar-refractivity contribution in [1.82, 2.24) is 4.37 Å². The first-order valence-electron chi connectivity index (χ1n) is 3.94. The van der Waals surface area contributed by atoms with E-state index in [1.165, 1.54) is 11.5 Å². The third-order valence-electron chi connectivity index (χ3n) is 1.09. The first kappa shape index (κ1) is 11.0. The van der Waals surface area contributed by atoms with Crippen LogP contribution in [0.15, 0.2) is 10.9 Å². The summed E-state index contributed by atoms with van der Waals surface area (Å²) in [7, 11) is 0. The Hall–Kier alpha value is -1.01. The third kappa shape index (κ3) is 3.99. The summed E-state index contributed by atoms with van der Waals surface area (Å²) < 4.78 is 2.60. The second-order valence-electron chi connectivity index (χ2n) is 1.88. The molecule has 0 saturated carbocycles. The number of rotatable bonds is 2. The molecular formula is C9H13NOS. The van der Waals surface area contributed by atoms with E-state index in [4.69, 9.17) is 6.42 Å². The number of H-pyrrole nitrogens is 1. The van der Waals surface area contributed by atoms with Crippen LogP contribution in [0.1, 0.15) is 25.1 Å². The molecule has 1 N–H and O–H groups in total. The van der Waals surface area contributed by atoms with Gasteiger partial charge in [0, 0.05) is 17.4 Å². The number of nitrogens with one attached hydrogen (secondary N) is 1. The van der Waals surface area contributed by atoms with Gasteiger partial charge in [0.25, 0.3) is 5.56 Å².